The van der Waals surface area contributed by atoms with Gasteiger partial charge in [-0.05, 0) is 31.6 Å². The van der Waals surface area contributed by atoms with Crippen LogP contribution in [0.1, 0.15) is 59.6 Å². The van der Waals surface area contributed by atoms with Crippen molar-refractivity contribution in [2.24, 2.45) is 17.6 Å². The van der Waals surface area contributed by atoms with Crippen molar-refractivity contribution < 1.29 is 48.9 Å². The van der Waals surface area contributed by atoms with E-state index in [4.69, 9.17) is 15.9 Å². The lowest BCUT2D eigenvalue weighted by Crippen LogP contribution is -2.59. The van der Waals surface area contributed by atoms with E-state index in [9.17, 15) is 38.7 Å². The second-order valence-electron chi connectivity index (χ2n) is 11.6. The highest BCUT2D eigenvalue weighted by molar-refractivity contribution is 5.96. The van der Waals surface area contributed by atoms with Crippen molar-refractivity contribution in [3.8, 4) is 0 Å². The molecule has 46 heavy (non-hydrogen) atoms. The third kappa shape index (κ3) is 13.6. The number of aliphatic hydroxyl groups excluding tert-OH is 1. The van der Waals surface area contributed by atoms with E-state index in [1.807, 2.05) is 5.32 Å². The maximum absolute atomic E-state index is 13.3. The molecule has 0 fully saturated rings. The monoisotopic (exact) mass is 654 g/mol. The molecule has 0 bridgehead atoms. The first-order valence-corrected chi connectivity index (χ1v) is 14.8. The summed E-state index contributed by atoms with van der Waals surface area (Å²) in [6.07, 6.45) is 1.98. The van der Waals surface area contributed by atoms with Crippen LogP contribution in [0.3, 0.4) is 0 Å². The minimum Gasteiger partial charge on any atom is -0.481 e. The minimum absolute atomic E-state index is 0.00786. The molecule has 5 amide bonds. The number of imidazole rings is 1. The fourth-order valence-electron chi connectivity index (χ4n) is 4.04. The topological polar surface area (TPSA) is 295 Å². The lowest BCUT2D eigenvalue weighted by molar-refractivity contribution is -0.144. The number of carbonyl (C=O) groups is 7. The van der Waals surface area contributed by atoms with Gasteiger partial charge in [-0.2, -0.15) is 0 Å². The van der Waals surface area contributed by atoms with Crippen molar-refractivity contribution in [1.82, 2.24) is 36.6 Å². The Balaban J connectivity index is 3.07. The molecule has 258 valence electrons. The van der Waals surface area contributed by atoms with E-state index >= 15 is 0 Å². The Hall–Kier alpha value is -4.58. The van der Waals surface area contributed by atoms with Gasteiger partial charge in [-0.15, -0.1) is 0 Å². The van der Waals surface area contributed by atoms with Gasteiger partial charge in [0.15, 0.2) is 0 Å². The zero-order valence-electron chi connectivity index (χ0n) is 26.5. The molecule has 18 heteroatoms. The Morgan fingerprint density at radius 3 is 1.83 bits per heavy atom. The van der Waals surface area contributed by atoms with Crippen LogP contribution < -0.4 is 32.3 Å². The SMILES string of the molecule is CC(C)C[C@H](NC(=O)[C@H](C)NC(=O)[C@H](Cc1cnc[nH]1)NC(=O)[C@@H](N)C(C)C)C(=O)N[C@@H](CCC(=O)O)C(=O)N[C@@H](CO)C(=O)O. The van der Waals surface area contributed by atoms with Crippen molar-refractivity contribution in [2.75, 3.05) is 6.61 Å². The van der Waals surface area contributed by atoms with Gasteiger partial charge in [0.05, 0.1) is 19.0 Å². The van der Waals surface area contributed by atoms with E-state index in [1.165, 1.54) is 19.4 Å². The van der Waals surface area contributed by atoms with E-state index in [2.05, 4.69) is 31.2 Å². The number of nitrogens with one attached hydrogen (secondary N) is 6. The molecule has 11 N–H and O–H groups in total. The summed E-state index contributed by atoms with van der Waals surface area (Å²) in [5.41, 5.74) is 6.45. The number of hydrogen-bond donors (Lipinski definition) is 10. The van der Waals surface area contributed by atoms with Crippen LogP contribution in [-0.2, 0) is 40.0 Å². The summed E-state index contributed by atoms with van der Waals surface area (Å²) < 4.78 is 0. The van der Waals surface area contributed by atoms with Crippen molar-refractivity contribution >= 4 is 41.5 Å². The molecule has 0 saturated carbocycles. The summed E-state index contributed by atoms with van der Waals surface area (Å²) in [4.78, 5) is 94.1. The second-order valence-corrected chi connectivity index (χ2v) is 11.6. The van der Waals surface area contributed by atoms with E-state index in [1.54, 1.807) is 27.7 Å². The molecule has 1 rings (SSSR count). The first-order valence-electron chi connectivity index (χ1n) is 14.8. The van der Waals surface area contributed by atoms with Crippen LogP contribution in [0.25, 0.3) is 0 Å². The number of hydrogen-bond acceptors (Lipinski definition) is 10. The molecule has 0 aliphatic rings. The third-order valence-electron chi connectivity index (χ3n) is 6.80. The maximum Gasteiger partial charge on any atom is 0.328 e. The van der Waals surface area contributed by atoms with Crippen LogP contribution >= 0.6 is 0 Å². The number of carbonyl (C=O) groups excluding carboxylic acids is 5. The van der Waals surface area contributed by atoms with E-state index in [-0.39, 0.29) is 24.7 Å². The van der Waals surface area contributed by atoms with Gasteiger partial charge in [0.25, 0.3) is 0 Å². The summed E-state index contributed by atoms with van der Waals surface area (Å²) in [6, 6.07) is -7.69. The fourth-order valence-corrected chi connectivity index (χ4v) is 4.04. The maximum atomic E-state index is 13.3. The third-order valence-corrected chi connectivity index (χ3v) is 6.80. The molecule has 1 aromatic rings. The number of carboxylic acids is 2. The van der Waals surface area contributed by atoms with Crippen molar-refractivity contribution in [1.29, 1.82) is 0 Å². The molecule has 6 atom stereocenters. The Morgan fingerprint density at radius 2 is 1.33 bits per heavy atom. The highest BCUT2D eigenvalue weighted by atomic mass is 16.4. The van der Waals surface area contributed by atoms with Gasteiger partial charge in [0, 0.05) is 24.7 Å². The average Bonchev–Trinajstić information content (AvgIpc) is 3.48. The summed E-state index contributed by atoms with van der Waals surface area (Å²) in [5.74, 6) is -7.18. The Morgan fingerprint density at radius 1 is 0.783 bits per heavy atom. The van der Waals surface area contributed by atoms with Gasteiger partial charge >= 0.3 is 11.9 Å². The zero-order chi connectivity index (χ0) is 35.1. The van der Waals surface area contributed by atoms with Gasteiger partial charge in [-0.3, -0.25) is 28.8 Å². The van der Waals surface area contributed by atoms with Gasteiger partial charge in [-0.1, -0.05) is 27.7 Å². The second kappa shape index (κ2) is 19.1. The predicted molar refractivity (Wildman–Crippen MR) is 161 cm³/mol. The number of aromatic nitrogens is 2. The summed E-state index contributed by atoms with van der Waals surface area (Å²) in [5, 5.41) is 39.4. The number of carboxylic acid groups (broad SMARTS) is 2. The van der Waals surface area contributed by atoms with Crippen LogP contribution in [0.5, 0.6) is 0 Å². The van der Waals surface area contributed by atoms with Gasteiger partial charge in [0.2, 0.25) is 29.5 Å². The molecule has 0 saturated heterocycles. The Kier molecular flexibility index (Phi) is 16.3. The molecule has 0 unspecified atom stereocenters. The zero-order valence-corrected chi connectivity index (χ0v) is 26.5. The van der Waals surface area contributed by atoms with E-state index in [0.717, 1.165) is 0 Å². The molecule has 0 radical (unpaired) electrons. The number of rotatable bonds is 20. The minimum atomic E-state index is -1.70. The van der Waals surface area contributed by atoms with Gasteiger partial charge in [0.1, 0.15) is 30.2 Å². The fraction of sp³-hybridized carbons (Fsp3) is 0.643. The standard InChI is InChI=1S/C28H46N8O10/c1-13(2)8-18(26(43)33-17(6-7-21(38)39)24(41)36-20(11-37)28(45)46)34-23(40)15(5)32-25(42)19(9-16-10-30-12-31-16)35-27(44)22(29)14(3)4/h10,12-15,17-20,22,37H,6-9,11,29H2,1-5H3,(H,30,31)(H,32,42)(H,33,43)(H,34,40)(H,35,44)(H,36,41)(H,38,39)(H,45,46)/t15-,17-,18-,19-,20-,22-/m0/s1. The first kappa shape index (κ1) is 39.4. The van der Waals surface area contributed by atoms with Crippen LogP contribution in [-0.4, -0.2) is 110 Å². The molecule has 0 aromatic carbocycles. The summed E-state index contributed by atoms with van der Waals surface area (Å²) >= 11 is 0. The van der Waals surface area contributed by atoms with Crippen LogP contribution in [0.2, 0.25) is 0 Å². The van der Waals surface area contributed by atoms with Crippen molar-refractivity contribution in [2.45, 2.75) is 96.6 Å². The number of amides is 5. The number of H-pyrrole nitrogens is 1. The number of nitrogens with zero attached hydrogens (tertiary/aromatic N) is 1. The quantitative estimate of drug-likeness (QED) is 0.0691. The Labute approximate surface area is 266 Å². The van der Waals surface area contributed by atoms with Crippen LogP contribution in [0.15, 0.2) is 12.5 Å². The molecule has 0 spiro atoms. The first-order chi connectivity index (χ1) is 21.5. The van der Waals surface area contributed by atoms with Crippen LogP contribution in [0, 0.1) is 11.8 Å². The Bertz CT molecular complexity index is 1210. The van der Waals surface area contributed by atoms with Crippen LogP contribution in [0.4, 0.5) is 0 Å². The summed E-state index contributed by atoms with van der Waals surface area (Å²) in [6.45, 7) is 7.41. The summed E-state index contributed by atoms with van der Waals surface area (Å²) in [7, 11) is 0. The molecule has 1 heterocycles. The number of aromatic amines is 1. The molecule has 0 aliphatic carbocycles. The van der Waals surface area contributed by atoms with E-state index in [0.29, 0.717) is 5.69 Å². The lowest BCUT2D eigenvalue weighted by atomic mass is 10.0. The molecular formula is C28H46N8O10. The number of aliphatic carboxylic acids is 2. The number of aliphatic hydroxyl groups is 1. The van der Waals surface area contributed by atoms with Gasteiger partial charge < -0.3 is 52.6 Å². The lowest BCUT2D eigenvalue weighted by Gasteiger charge is -2.26. The highest BCUT2D eigenvalue weighted by Crippen LogP contribution is 2.09. The largest absolute Gasteiger partial charge is 0.481 e. The molecule has 0 aliphatic heterocycles. The van der Waals surface area contributed by atoms with Crippen molar-refractivity contribution in [3.05, 3.63) is 18.2 Å². The highest BCUT2D eigenvalue weighted by Gasteiger charge is 2.32. The molecule has 18 nitrogen and oxygen atoms in total. The average molecular weight is 655 g/mol. The smallest absolute Gasteiger partial charge is 0.328 e. The molecular weight excluding hydrogens is 608 g/mol. The predicted octanol–water partition coefficient (Wildman–Crippen LogP) is -2.63. The number of nitrogens with two attached hydrogens (primary N) is 1. The molecule has 1 aromatic heterocycles. The van der Waals surface area contributed by atoms with E-state index < -0.39 is 97.2 Å². The normalized spacial score (nSPS) is 15.1. The van der Waals surface area contributed by atoms with Gasteiger partial charge in [-0.25, -0.2) is 9.78 Å². The van der Waals surface area contributed by atoms with Crippen molar-refractivity contribution in [3.63, 3.8) is 0 Å².